The lowest BCUT2D eigenvalue weighted by molar-refractivity contribution is 0.718. The van der Waals surface area contributed by atoms with Gasteiger partial charge in [0.05, 0.1) is 0 Å². The number of hydrogen-bond donors (Lipinski definition) is 1. The molecule has 0 radical (unpaired) electrons. The lowest BCUT2D eigenvalue weighted by Gasteiger charge is -2.08. The summed E-state index contributed by atoms with van der Waals surface area (Å²) in [5, 5.41) is 3.44. The Kier molecular flexibility index (Phi) is 2.86. The molecule has 0 atom stereocenters. The number of allylic oxidation sites excluding steroid dienone is 1. The van der Waals surface area contributed by atoms with Crippen LogP contribution in [0.3, 0.4) is 0 Å². The molecule has 1 aliphatic carbocycles. The third-order valence-electron chi connectivity index (χ3n) is 3.84. The molecule has 1 heterocycles. The molecule has 1 heteroatoms. The molecule has 3 rings (SSSR count). The minimum Gasteiger partial charge on any atom is -0.316 e. The first kappa shape index (κ1) is 10.8. The monoisotopic (exact) mass is 225 g/mol. The van der Waals surface area contributed by atoms with Gasteiger partial charge in [0.1, 0.15) is 0 Å². The molecule has 88 valence electrons. The molecule has 1 N–H and O–H groups in total. The molecule has 0 saturated heterocycles. The fourth-order valence-corrected chi connectivity index (χ4v) is 2.83. The number of hydrogen-bond acceptors (Lipinski definition) is 1. The number of nitrogens with one attached hydrogen (secondary N) is 1. The van der Waals surface area contributed by atoms with Crippen LogP contribution in [0.2, 0.25) is 0 Å². The number of rotatable bonds is 1. The van der Waals surface area contributed by atoms with Gasteiger partial charge in [-0.1, -0.05) is 30.9 Å². The van der Waals surface area contributed by atoms with Crippen LogP contribution < -0.4 is 5.32 Å². The Morgan fingerprint density at radius 1 is 1.06 bits per heavy atom. The first-order valence-corrected chi connectivity index (χ1v) is 6.56. The van der Waals surface area contributed by atoms with Gasteiger partial charge in [-0.15, -0.1) is 0 Å². The van der Waals surface area contributed by atoms with Crippen molar-refractivity contribution >= 4 is 11.1 Å². The molecule has 1 aliphatic heterocycles. The lowest BCUT2D eigenvalue weighted by atomic mass is 9.97. The standard InChI is InChI=1S/C16H19N/c1-12-4-5-15-11-14(6-7-16(12)15)13-3-2-9-17-10-8-13/h3,6-7,11,17H,1-2,4-5,8-10H2. The van der Waals surface area contributed by atoms with Crippen molar-refractivity contribution in [3.63, 3.8) is 0 Å². The Morgan fingerprint density at radius 3 is 2.94 bits per heavy atom. The fraction of sp³-hybridized carbons (Fsp3) is 0.375. The minimum atomic E-state index is 1.11. The normalized spacial score (nSPS) is 19.8. The fourth-order valence-electron chi connectivity index (χ4n) is 2.83. The zero-order valence-electron chi connectivity index (χ0n) is 10.3. The van der Waals surface area contributed by atoms with Gasteiger partial charge >= 0.3 is 0 Å². The zero-order valence-corrected chi connectivity index (χ0v) is 10.3. The highest BCUT2D eigenvalue weighted by atomic mass is 14.8. The predicted octanol–water partition coefficient (Wildman–Crippen LogP) is 3.41. The third-order valence-corrected chi connectivity index (χ3v) is 3.84. The molecular weight excluding hydrogens is 206 g/mol. The first-order valence-electron chi connectivity index (χ1n) is 6.56. The molecule has 1 nitrogen and oxygen atoms in total. The van der Waals surface area contributed by atoms with E-state index in [-0.39, 0.29) is 0 Å². The Morgan fingerprint density at radius 2 is 2.00 bits per heavy atom. The number of benzene rings is 1. The Bertz CT molecular complexity index is 482. The Hall–Kier alpha value is -1.34. The van der Waals surface area contributed by atoms with Crippen molar-refractivity contribution in [1.29, 1.82) is 0 Å². The zero-order chi connectivity index (χ0) is 11.7. The molecule has 0 amide bonds. The summed E-state index contributed by atoms with van der Waals surface area (Å²) < 4.78 is 0. The molecular formula is C16H19N. The highest BCUT2D eigenvalue weighted by molar-refractivity contribution is 5.75. The number of fused-ring (bicyclic) bond motifs is 1. The molecule has 17 heavy (non-hydrogen) atoms. The van der Waals surface area contributed by atoms with Crippen LogP contribution in [-0.2, 0) is 6.42 Å². The van der Waals surface area contributed by atoms with E-state index in [4.69, 9.17) is 0 Å². The molecule has 0 spiro atoms. The van der Waals surface area contributed by atoms with Crippen LogP contribution in [-0.4, -0.2) is 13.1 Å². The molecule has 2 aliphatic rings. The van der Waals surface area contributed by atoms with E-state index in [1.54, 1.807) is 0 Å². The van der Waals surface area contributed by atoms with Gasteiger partial charge < -0.3 is 5.32 Å². The highest BCUT2D eigenvalue weighted by Crippen LogP contribution is 2.33. The maximum Gasteiger partial charge on any atom is -0.000812 e. The first-order chi connectivity index (χ1) is 8.34. The van der Waals surface area contributed by atoms with E-state index in [1.165, 1.54) is 34.3 Å². The smallest absolute Gasteiger partial charge is 0.000812 e. The van der Waals surface area contributed by atoms with Crippen molar-refractivity contribution in [1.82, 2.24) is 5.32 Å². The highest BCUT2D eigenvalue weighted by Gasteiger charge is 2.15. The molecule has 0 fully saturated rings. The van der Waals surface area contributed by atoms with E-state index >= 15 is 0 Å². The summed E-state index contributed by atoms with van der Waals surface area (Å²) in [5.74, 6) is 0. The van der Waals surface area contributed by atoms with Gasteiger partial charge in [-0.25, -0.2) is 0 Å². The van der Waals surface area contributed by atoms with Crippen molar-refractivity contribution in [2.24, 2.45) is 0 Å². The van der Waals surface area contributed by atoms with Gasteiger partial charge in [0.25, 0.3) is 0 Å². The quantitative estimate of drug-likeness (QED) is 0.772. The second-order valence-electron chi connectivity index (χ2n) is 4.99. The summed E-state index contributed by atoms with van der Waals surface area (Å²) >= 11 is 0. The molecule has 1 aromatic rings. The van der Waals surface area contributed by atoms with E-state index in [1.807, 2.05) is 0 Å². The summed E-state index contributed by atoms with van der Waals surface area (Å²) in [5.41, 5.74) is 7.12. The van der Waals surface area contributed by atoms with E-state index in [2.05, 4.69) is 36.2 Å². The van der Waals surface area contributed by atoms with Crippen LogP contribution in [0.1, 0.15) is 36.0 Å². The predicted molar refractivity (Wildman–Crippen MR) is 73.9 cm³/mol. The van der Waals surface area contributed by atoms with Crippen molar-refractivity contribution in [2.45, 2.75) is 25.7 Å². The lowest BCUT2D eigenvalue weighted by Crippen LogP contribution is -2.13. The summed E-state index contributed by atoms with van der Waals surface area (Å²) in [6, 6.07) is 6.91. The van der Waals surface area contributed by atoms with E-state index in [0.717, 1.165) is 32.4 Å². The van der Waals surface area contributed by atoms with E-state index in [0.29, 0.717) is 0 Å². The Labute approximate surface area is 103 Å². The summed E-state index contributed by atoms with van der Waals surface area (Å²) in [6.07, 6.45) is 7.01. The van der Waals surface area contributed by atoms with Gasteiger partial charge in [-0.2, -0.15) is 0 Å². The minimum absolute atomic E-state index is 1.11. The van der Waals surface area contributed by atoms with Crippen LogP contribution in [0.5, 0.6) is 0 Å². The van der Waals surface area contributed by atoms with E-state index in [9.17, 15) is 0 Å². The van der Waals surface area contributed by atoms with Crippen molar-refractivity contribution in [2.75, 3.05) is 13.1 Å². The van der Waals surface area contributed by atoms with Crippen molar-refractivity contribution < 1.29 is 0 Å². The van der Waals surface area contributed by atoms with Gasteiger partial charge in [-0.3, -0.25) is 0 Å². The van der Waals surface area contributed by atoms with Crippen molar-refractivity contribution in [3.8, 4) is 0 Å². The topological polar surface area (TPSA) is 12.0 Å². The van der Waals surface area contributed by atoms with Gasteiger partial charge in [-0.05, 0) is 66.6 Å². The SMILES string of the molecule is C=C1CCc2cc(C3=CCCNCC3)ccc21. The molecule has 0 bridgehead atoms. The van der Waals surface area contributed by atoms with Crippen molar-refractivity contribution in [3.05, 3.63) is 47.5 Å². The van der Waals surface area contributed by atoms with E-state index < -0.39 is 0 Å². The van der Waals surface area contributed by atoms with Crippen LogP contribution in [0, 0.1) is 0 Å². The average molecular weight is 225 g/mol. The van der Waals surface area contributed by atoms with Gasteiger partial charge in [0.15, 0.2) is 0 Å². The van der Waals surface area contributed by atoms with Crippen LogP contribution in [0.25, 0.3) is 11.1 Å². The Balaban J connectivity index is 1.94. The maximum atomic E-state index is 4.13. The molecule has 0 aromatic heterocycles. The maximum absolute atomic E-state index is 4.13. The number of aryl methyl sites for hydroxylation is 1. The molecule has 0 saturated carbocycles. The summed E-state index contributed by atoms with van der Waals surface area (Å²) in [4.78, 5) is 0. The van der Waals surface area contributed by atoms with Crippen LogP contribution in [0.4, 0.5) is 0 Å². The van der Waals surface area contributed by atoms with Crippen LogP contribution >= 0.6 is 0 Å². The molecule has 0 unspecified atom stereocenters. The average Bonchev–Trinajstić information content (AvgIpc) is 2.58. The second-order valence-corrected chi connectivity index (χ2v) is 4.99. The largest absolute Gasteiger partial charge is 0.316 e. The second kappa shape index (κ2) is 4.50. The van der Waals surface area contributed by atoms with Gasteiger partial charge in [0, 0.05) is 0 Å². The van der Waals surface area contributed by atoms with Crippen LogP contribution in [0.15, 0.2) is 30.9 Å². The summed E-state index contributed by atoms with van der Waals surface area (Å²) in [6.45, 7) is 6.35. The van der Waals surface area contributed by atoms with Gasteiger partial charge in [0.2, 0.25) is 0 Å². The third kappa shape index (κ3) is 2.07. The molecule has 1 aromatic carbocycles. The summed E-state index contributed by atoms with van der Waals surface area (Å²) in [7, 11) is 0.